The van der Waals surface area contributed by atoms with Gasteiger partial charge in [0, 0.05) is 52.5 Å². The van der Waals surface area contributed by atoms with E-state index in [1.165, 1.54) is 17.5 Å². The van der Waals surface area contributed by atoms with Crippen LogP contribution in [0.2, 0.25) is 0 Å². The number of methoxy groups -OCH3 is 2. The topological polar surface area (TPSA) is 46.6 Å². The van der Waals surface area contributed by atoms with Crippen molar-refractivity contribution in [1.82, 2.24) is 10.3 Å². The van der Waals surface area contributed by atoms with Crippen molar-refractivity contribution in [2.75, 3.05) is 52.0 Å². The van der Waals surface area contributed by atoms with Crippen molar-refractivity contribution in [3.8, 4) is 0 Å². The zero-order valence-electron chi connectivity index (χ0n) is 13.4. The molecule has 0 spiro atoms. The van der Waals surface area contributed by atoms with Gasteiger partial charge in [-0.05, 0) is 30.5 Å². The first kappa shape index (κ1) is 16.2. The summed E-state index contributed by atoms with van der Waals surface area (Å²) in [4.78, 5) is 7.04. The molecule has 5 nitrogen and oxygen atoms in total. The third kappa shape index (κ3) is 4.66. The van der Waals surface area contributed by atoms with E-state index >= 15 is 0 Å². The van der Waals surface area contributed by atoms with E-state index in [1.807, 2.05) is 6.20 Å². The molecule has 1 fully saturated rings. The van der Waals surface area contributed by atoms with Crippen LogP contribution in [0.25, 0.3) is 0 Å². The second-order valence-electron chi connectivity index (χ2n) is 5.71. The van der Waals surface area contributed by atoms with Gasteiger partial charge in [-0.1, -0.05) is 0 Å². The molecular formula is C16H27N3O2. The highest BCUT2D eigenvalue weighted by Gasteiger charge is 2.24. The number of hydrogen-bond acceptors (Lipinski definition) is 5. The van der Waals surface area contributed by atoms with E-state index in [1.54, 1.807) is 14.2 Å². The van der Waals surface area contributed by atoms with Crippen molar-refractivity contribution >= 4 is 5.82 Å². The molecule has 1 unspecified atom stereocenters. The van der Waals surface area contributed by atoms with Gasteiger partial charge < -0.3 is 19.7 Å². The third-order valence-electron chi connectivity index (χ3n) is 3.91. The first-order chi connectivity index (χ1) is 10.2. The molecule has 2 rings (SSSR count). The van der Waals surface area contributed by atoms with Gasteiger partial charge in [0.15, 0.2) is 0 Å². The summed E-state index contributed by atoms with van der Waals surface area (Å²) in [7, 11) is 3.49. The minimum absolute atomic E-state index is 0.631. The Balaban J connectivity index is 1.90. The van der Waals surface area contributed by atoms with Crippen molar-refractivity contribution in [3.05, 3.63) is 23.4 Å². The molecule has 0 aliphatic carbocycles. The van der Waals surface area contributed by atoms with E-state index in [0.717, 1.165) is 45.2 Å². The third-order valence-corrected chi connectivity index (χ3v) is 3.91. The molecule has 1 aliphatic rings. The Labute approximate surface area is 127 Å². The van der Waals surface area contributed by atoms with Crippen molar-refractivity contribution in [2.45, 2.75) is 19.9 Å². The fourth-order valence-electron chi connectivity index (χ4n) is 2.86. The van der Waals surface area contributed by atoms with Gasteiger partial charge in [-0.3, -0.25) is 0 Å². The van der Waals surface area contributed by atoms with Gasteiger partial charge in [-0.15, -0.1) is 0 Å². The van der Waals surface area contributed by atoms with Gasteiger partial charge in [-0.25, -0.2) is 4.98 Å². The van der Waals surface area contributed by atoms with E-state index in [0.29, 0.717) is 5.92 Å². The van der Waals surface area contributed by atoms with Gasteiger partial charge >= 0.3 is 0 Å². The number of aromatic nitrogens is 1. The van der Waals surface area contributed by atoms with E-state index in [4.69, 9.17) is 9.47 Å². The summed E-state index contributed by atoms with van der Waals surface area (Å²) in [6.45, 7) is 7.55. The van der Waals surface area contributed by atoms with Crippen LogP contribution in [-0.2, 0) is 16.0 Å². The number of nitrogens with zero attached hydrogens (tertiary/aromatic N) is 2. The number of anilines is 1. The van der Waals surface area contributed by atoms with E-state index in [2.05, 4.69) is 28.2 Å². The summed E-state index contributed by atoms with van der Waals surface area (Å²) in [5.41, 5.74) is 2.47. The van der Waals surface area contributed by atoms with Crippen LogP contribution in [-0.4, -0.2) is 52.1 Å². The number of pyridine rings is 1. The Bertz CT molecular complexity index is 440. The summed E-state index contributed by atoms with van der Waals surface area (Å²) in [5.74, 6) is 1.75. The summed E-state index contributed by atoms with van der Waals surface area (Å²) in [5, 5.41) is 3.35. The Morgan fingerprint density at radius 2 is 2.24 bits per heavy atom. The van der Waals surface area contributed by atoms with E-state index in [9.17, 15) is 0 Å². The Kier molecular flexibility index (Phi) is 6.42. The molecule has 2 heterocycles. The molecule has 0 saturated carbocycles. The maximum atomic E-state index is 5.26. The first-order valence-electron chi connectivity index (χ1n) is 7.63. The molecule has 1 aromatic heterocycles. The maximum Gasteiger partial charge on any atom is 0.131 e. The molecule has 1 aromatic rings. The quantitative estimate of drug-likeness (QED) is 0.738. The molecule has 1 saturated heterocycles. The highest BCUT2D eigenvalue weighted by molar-refractivity contribution is 5.48. The average Bonchev–Trinajstić information content (AvgIpc) is 2.92. The molecule has 1 aliphatic heterocycles. The van der Waals surface area contributed by atoms with Crippen LogP contribution in [0.3, 0.4) is 0 Å². The molecule has 1 atom stereocenters. The van der Waals surface area contributed by atoms with Crippen molar-refractivity contribution in [1.29, 1.82) is 0 Å². The minimum atomic E-state index is 0.631. The summed E-state index contributed by atoms with van der Waals surface area (Å²) in [6.07, 6.45) is 3.17. The Morgan fingerprint density at radius 3 is 2.95 bits per heavy atom. The molecule has 5 heteroatoms. The lowest BCUT2D eigenvalue weighted by Crippen LogP contribution is -2.23. The highest BCUT2D eigenvalue weighted by Crippen LogP contribution is 2.25. The molecule has 118 valence electrons. The van der Waals surface area contributed by atoms with Crippen molar-refractivity contribution in [2.24, 2.45) is 5.92 Å². The van der Waals surface area contributed by atoms with Crippen molar-refractivity contribution in [3.63, 3.8) is 0 Å². The van der Waals surface area contributed by atoms with Crippen LogP contribution in [0, 0.1) is 12.8 Å². The predicted octanol–water partition coefficient (Wildman–Crippen LogP) is 1.60. The fourth-order valence-corrected chi connectivity index (χ4v) is 2.86. The molecule has 21 heavy (non-hydrogen) atoms. The number of aryl methyl sites for hydroxylation is 1. The van der Waals surface area contributed by atoms with Crippen LogP contribution in [0.5, 0.6) is 0 Å². The van der Waals surface area contributed by atoms with E-state index in [-0.39, 0.29) is 0 Å². The monoisotopic (exact) mass is 293 g/mol. The first-order valence-corrected chi connectivity index (χ1v) is 7.63. The predicted molar refractivity (Wildman–Crippen MR) is 84.8 cm³/mol. The van der Waals surface area contributed by atoms with Gasteiger partial charge in [0.25, 0.3) is 0 Å². The molecule has 0 aromatic carbocycles. The molecule has 0 amide bonds. The van der Waals surface area contributed by atoms with E-state index < -0.39 is 0 Å². The molecular weight excluding hydrogens is 266 g/mol. The van der Waals surface area contributed by atoms with Crippen LogP contribution in [0.15, 0.2) is 12.3 Å². The largest absolute Gasteiger partial charge is 0.384 e. The normalized spacial score (nSPS) is 18.4. The second-order valence-corrected chi connectivity index (χ2v) is 5.71. The smallest absolute Gasteiger partial charge is 0.131 e. The van der Waals surface area contributed by atoms with Crippen LogP contribution >= 0.6 is 0 Å². The zero-order chi connectivity index (χ0) is 15.1. The Morgan fingerprint density at radius 1 is 1.38 bits per heavy atom. The lowest BCUT2D eigenvalue weighted by atomic mass is 10.1. The Hall–Kier alpha value is -1.17. The number of rotatable bonds is 8. The molecule has 0 bridgehead atoms. The number of ether oxygens (including phenoxy) is 2. The summed E-state index contributed by atoms with van der Waals surface area (Å²) < 4.78 is 10.3. The van der Waals surface area contributed by atoms with Gasteiger partial charge in [0.2, 0.25) is 0 Å². The lowest BCUT2D eigenvalue weighted by Gasteiger charge is -2.20. The fraction of sp³-hybridized carbons (Fsp3) is 0.688. The lowest BCUT2D eigenvalue weighted by molar-refractivity contribution is 0.161. The number of hydrogen-bond donors (Lipinski definition) is 1. The zero-order valence-corrected chi connectivity index (χ0v) is 13.4. The summed E-state index contributed by atoms with van der Waals surface area (Å²) >= 11 is 0. The molecule has 0 radical (unpaired) electrons. The second kappa shape index (κ2) is 8.32. The van der Waals surface area contributed by atoms with Crippen LogP contribution in [0.1, 0.15) is 17.5 Å². The van der Waals surface area contributed by atoms with Crippen LogP contribution in [0.4, 0.5) is 5.82 Å². The highest BCUT2D eigenvalue weighted by atomic mass is 16.5. The average molecular weight is 293 g/mol. The van der Waals surface area contributed by atoms with Crippen LogP contribution < -0.4 is 10.2 Å². The van der Waals surface area contributed by atoms with Gasteiger partial charge in [-0.2, -0.15) is 0 Å². The standard InChI is InChI=1S/C16H27N3O2/c1-13-8-15(9-17-5-7-20-2)10-18-16(13)19-6-4-14(11-19)12-21-3/h8,10,14,17H,4-7,9,11-12H2,1-3H3. The molecule has 1 N–H and O–H groups in total. The summed E-state index contributed by atoms with van der Waals surface area (Å²) in [6, 6.07) is 2.23. The maximum absolute atomic E-state index is 5.26. The van der Waals surface area contributed by atoms with Gasteiger partial charge in [0.1, 0.15) is 5.82 Å². The number of nitrogens with one attached hydrogen (secondary N) is 1. The van der Waals surface area contributed by atoms with Gasteiger partial charge in [0.05, 0.1) is 13.2 Å². The SMILES string of the molecule is COCCNCc1cnc(N2CCC(COC)C2)c(C)c1. The minimum Gasteiger partial charge on any atom is -0.384 e. The van der Waals surface area contributed by atoms with Crippen molar-refractivity contribution < 1.29 is 9.47 Å².